The Kier molecular flexibility index (Phi) is 4.65. The van der Waals surface area contributed by atoms with Gasteiger partial charge in [-0.3, -0.25) is 0 Å². The number of aromatic carboxylic acids is 1. The number of ether oxygens (including phenoxy) is 1. The Morgan fingerprint density at radius 2 is 2.32 bits per heavy atom. The van der Waals surface area contributed by atoms with Gasteiger partial charge in [0.25, 0.3) is 0 Å². The molecule has 0 radical (unpaired) electrons. The SMILES string of the molecule is CCCOCc1nc(-c2cccc(C(=O)O)c2)cs1. The first-order chi connectivity index (χ1) is 9.20. The average Bonchev–Trinajstić information content (AvgIpc) is 2.88. The second-order valence-electron chi connectivity index (χ2n) is 4.07. The third kappa shape index (κ3) is 3.62. The molecule has 0 fully saturated rings. The molecule has 19 heavy (non-hydrogen) atoms. The maximum atomic E-state index is 10.9. The summed E-state index contributed by atoms with van der Waals surface area (Å²) < 4.78 is 5.43. The minimum absolute atomic E-state index is 0.272. The quantitative estimate of drug-likeness (QED) is 0.822. The molecule has 0 aliphatic heterocycles. The Bertz CT molecular complexity index is 565. The van der Waals surface area contributed by atoms with Crippen LogP contribution in [0.2, 0.25) is 0 Å². The molecule has 5 heteroatoms. The summed E-state index contributed by atoms with van der Waals surface area (Å²) in [7, 11) is 0. The van der Waals surface area contributed by atoms with Gasteiger partial charge in [0, 0.05) is 17.6 Å². The van der Waals surface area contributed by atoms with Crippen molar-refractivity contribution in [3.05, 3.63) is 40.2 Å². The number of carboxylic acid groups (broad SMARTS) is 1. The molecule has 1 aromatic heterocycles. The van der Waals surface area contributed by atoms with Gasteiger partial charge in [0.1, 0.15) is 5.01 Å². The lowest BCUT2D eigenvalue weighted by atomic mass is 10.1. The predicted octanol–water partition coefficient (Wildman–Crippen LogP) is 3.43. The number of hydrogen-bond acceptors (Lipinski definition) is 4. The number of aromatic nitrogens is 1. The third-order valence-corrected chi connectivity index (χ3v) is 3.35. The summed E-state index contributed by atoms with van der Waals surface area (Å²) in [4.78, 5) is 15.4. The van der Waals surface area contributed by atoms with E-state index in [-0.39, 0.29) is 5.56 Å². The van der Waals surface area contributed by atoms with Crippen LogP contribution in [-0.2, 0) is 11.3 Å². The van der Waals surface area contributed by atoms with Gasteiger partial charge in [-0.05, 0) is 18.6 Å². The van der Waals surface area contributed by atoms with Crippen LogP contribution < -0.4 is 0 Å². The minimum Gasteiger partial charge on any atom is -0.478 e. The van der Waals surface area contributed by atoms with Crippen LogP contribution in [0.3, 0.4) is 0 Å². The number of nitrogens with zero attached hydrogens (tertiary/aromatic N) is 1. The Hall–Kier alpha value is -1.72. The second-order valence-corrected chi connectivity index (χ2v) is 5.01. The summed E-state index contributed by atoms with van der Waals surface area (Å²) in [5.41, 5.74) is 1.88. The van der Waals surface area contributed by atoms with Gasteiger partial charge in [-0.1, -0.05) is 19.1 Å². The zero-order valence-electron chi connectivity index (χ0n) is 10.6. The van der Waals surface area contributed by atoms with E-state index in [9.17, 15) is 4.79 Å². The van der Waals surface area contributed by atoms with E-state index in [1.54, 1.807) is 18.2 Å². The lowest BCUT2D eigenvalue weighted by Crippen LogP contribution is -1.96. The molecule has 0 amide bonds. The number of thiazole rings is 1. The largest absolute Gasteiger partial charge is 0.478 e. The van der Waals surface area contributed by atoms with Crippen LogP contribution in [0.5, 0.6) is 0 Å². The maximum absolute atomic E-state index is 10.9. The molecule has 1 aromatic carbocycles. The summed E-state index contributed by atoms with van der Waals surface area (Å²) in [6, 6.07) is 6.79. The van der Waals surface area contributed by atoms with Crippen molar-refractivity contribution in [2.75, 3.05) is 6.61 Å². The Balaban J connectivity index is 2.13. The number of carboxylic acids is 1. The highest BCUT2D eigenvalue weighted by Gasteiger charge is 2.08. The van der Waals surface area contributed by atoms with Gasteiger partial charge in [0.15, 0.2) is 0 Å². The van der Waals surface area contributed by atoms with Crippen molar-refractivity contribution in [1.29, 1.82) is 0 Å². The summed E-state index contributed by atoms with van der Waals surface area (Å²) in [6.45, 7) is 3.30. The van der Waals surface area contributed by atoms with Gasteiger partial charge in [-0.25, -0.2) is 9.78 Å². The normalized spacial score (nSPS) is 10.6. The van der Waals surface area contributed by atoms with E-state index < -0.39 is 5.97 Å². The minimum atomic E-state index is -0.927. The predicted molar refractivity (Wildman–Crippen MR) is 74.5 cm³/mol. The van der Waals surface area contributed by atoms with Crippen molar-refractivity contribution >= 4 is 17.3 Å². The molecule has 0 atom stereocenters. The fraction of sp³-hybridized carbons (Fsp3) is 0.286. The Morgan fingerprint density at radius 3 is 3.05 bits per heavy atom. The topological polar surface area (TPSA) is 59.4 Å². The molecule has 0 spiro atoms. The summed E-state index contributed by atoms with van der Waals surface area (Å²) >= 11 is 1.53. The zero-order valence-corrected chi connectivity index (χ0v) is 11.4. The zero-order chi connectivity index (χ0) is 13.7. The molecule has 0 saturated heterocycles. The van der Waals surface area contributed by atoms with Gasteiger partial charge in [-0.2, -0.15) is 0 Å². The monoisotopic (exact) mass is 277 g/mol. The maximum Gasteiger partial charge on any atom is 0.335 e. The van der Waals surface area contributed by atoms with E-state index in [0.717, 1.165) is 29.3 Å². The number of carbonyl (C=O) groups is 1. The van der Waals surface area contributed by atoms with E-state index in [2.05, 4.69) is 11.9 Å². The summed E-state index contributed by atoms with van der Waals surface area (Å²) in [5.74, 6) is -0.927. The van der Waals surface area contributed by atoms with Crippen LogP contribution >= 0.6 is 11.3 Å². The van der Waals surface area contributed by atoms with Crippen molar-refractivity contribution in [3.63, 3.8) is 0 Å². The highest BCUT2D eigenvalue weighted by molar-refractivity contribution is 7.09. The fourth-order valence-corrected chi connectivity index (χ4v) is 2.36. The molecule has 0 aliphatic rings. The number of benzene rings is 1. The van der Waals surface area contributed by atoms with Crippen LogP contribution in [0.1, 0.15) is 28.7 Å². The van der Waals surface area contributed by atoms with Gasteiger partial charge < -0.3 is 9.84 Å². The average molecular weight is 277 g/mol. The number of hydrogen-bond donors (Lipinski definition) is 1. The fourth-order valence-electron chi connectivity index (χ4n) is 1.63. The molecule has 2 rings (SSSR count). The first-order valence-corrected chi connectivity index (χ1v) is 6.94. The summed E-state index contributed by atoms with van der Waals surface area (Å²) in [6.07, 6.45) is 0.985. The van der Waals surface area contributed by atoms with Gasteiger partial charge >= 0.3 is 5.97 Å². The van der Waals surface area contributed by atoms with Crippen molar-refractivity contribution in [2.24, 2.45) is 0 Å². The lowest BCUT2D eigenvalue weighted by Gasteiger charge is -1.99. The molecule has 4 nitrogen and oxygen atoms in total. The molecular formula is C14H15NO3S. The van der Waals surface area contributed by atoms with Crippen molar-refractivity contribution in [3.8, 4) is 11.3 Å². The van der Waals surface area contributed by atoms with Crippen LogP contribution in [0.4, 0.5) is 0 Å². The Morgan fingerprint density at radius 1 is 1.47 bits per heavy atom. The molecule has 0 saturated carbocycles. The standard InChI is InChI=1S/C14H15NO3S/c1-2-6-18-8-13-15-12(9-19-13)10-4-3-5-11(7-10)14(16)17/h3-5,7,9H,2,6,8H2,1H3,(H,16,17). The van der Waals surface area contributed by atoms with E-state index in [1.165, 1.54) is 11.3 Å². The van der Waals surface area contributed by atoms with Gasteiger partial charge in [-0.15, -0.1) is 11.3 Å². The summed E-state index contributed by atoms with van der Waals surface area (Å²) in [5, 5.41) is 11.8. The molecule has 0 aliphatic carbocycles. The molecule has 0 bridgehead atoms. The highest BCUT2D eigenvalue weighted by Crippen LogP contribution is 2.23. The first-order valence-electron chi connectivity index (χ1n) is 6.06. The smallest absolute Gasteiger partial charge is 0.335 e. The van der Waals surface area contributed by atoms with Crippen molar-refractivity contribution in [2.45, 2.75) is 20.0 Å². The van der Waals surface area contributed by atoms with Crippen molar-refractivity contribution in [1.82, 2.24) is 4.98 Å². The molecule has 1 N–H and O–H groups in total. The third-order valence-electron chi connectivity index (χ3n) is 2.53. The van der Waals surface area contributed by atoms with Crippen LogP contribution in [0, 0.1) is 0 Å². The lowest BCUT2D eigenvalue weighted by molar-refractivity contribution is 0.0697. The highest BCUT2D eigenvalue weighted by atomic mass is 32.1. The van der Waals surface area contributed by atoms with Crippen molar-refractivity contribution < 1.29 is 14.6 Å². The van der Waals surface area contributed by atoms with E-state index in [1.807, 2.05) is 11.4 Å². The van der Waals surface area contributed by atoms with E-state index >= 15 is 0 Å². The molecule has 0 unspecified atom stereocenters. The molecular weight excluding hydrogens is 262 g/mol. The van der Waals surface area contributed by atoms with Gasteiger partial charge in [0.05, 0.1) is 17.9 Å². The van der Waals surface area contributed by atoms with Crippen LogP contribution in [0.15, 0.2) is 29.6 Å². The first kappa shape index (κ1) is 13.7. The van der Waals surface area contributed by atoms with Crippen LogP contribution in [-0.4, -0.2) is 22.7 Å². The number of rotatable bonds is 6. The van der Waals surface area contributed by atoms with Crippen LogP contribution in [0.25, 0.3) is 11.3 Å². The van der Waals surface area contributed by atoms with E-state index in [0.29, 0.717) is 6.61 Å². The second kappa shape index (κ2) is 6.45. The van der Waals surface area contributed by atoms with E-state index in [4.69, 9.17) is 9.84 Å². The van der Waals surface area contributed by atoms with Gasteiger partial charge in [0.2, 0.25) is 0 Å². The Labute approximate surface area is 115 Å². The molecule has 100 valence electrons. The molecule has 2 aromatic rings. The molecule has 1 heterocycles.